The van der Waals surface area contributed by atoms with Gasteiger partial charge in [-0.15, -0.1) is 0 Å². The van der Waals surface area contributed by atoms with Crippen LogP contribution >= 0.6 is 0 Å². The van der Waals surface area contributed by atoms with E-state index < -0.39 is 0 Å². The van der Waals surface area contributed by atoms with Crippen LogP contribution in [-0.4, -0.2) is 54.8 Å². The van der Waals surface area contributed by atoms with Crippen molar-refractivity contribution < 1.29 is 9.59 Å². The van der Waals surface area contributed by atoms with Crippen molar-refractivity contribution in [2.45, 2.75) is 12.8 Å². The maximum Gasteiger partial charge on any atom is 0.253 e. The number of nitrogens with zero attached hydrogens (tertiary/aromatic N) is 2. The van der Waals surface area contributed by atoms with E-state index in [1.807, 2.05) is 23.1 Å². The molecule has 3 aliphatic heterocycles. The Morgan fingerprint density at radius 3 is 2.59 bits per heavy atom. The van der Waals surface area contributed by atoms with Crippen LogP contribution in [0, 0.1) is 11.8 Å². The number of nitrogens with one attached hydrogen (secondary N) is 1. The second-order valence-corrected chi connectivity index (χ2v) is 6.87. The Labute approximate surface area is 130 Å². The SMILES string of the molecule is CN1C[C@@H]2CN(C(=O)c3ccc4c(c3)CCC(=O)N4)C[C@@H]2C1. The average molecular weight is 299 g/mol. The number of amides is 2. The highest BCUT2D eigenvalue weighted by Gasteiger charge is 2.40. The number of rotatable bonds is 1. The summed E-state index contributed by atoms with van der Waals surface area (Å²) in [5, 5.41) is 2.86. The van der Waals surface area contributed by atoms with Gasteiger partial charge in [-0.05, 0) is 49.1 Å². The number of carbonyl (C=O) groups excluding carboxylic acids is 2. The van der Waals surface area contributed by atoms with Gasteiger partial charge >= 0.3 is 0 Å². The molecule has 0 radical (unpaired) electrons. The smallest absolute Gasteiger partial charge is 0.253 e. The van der Waals surface area contributed by atoms with E-state index in [1.54, 1.807) is 0 Å². The van der Waals surface area contributed by atoms with Gasteiger partial charge in [0.25, 0.3) is 5.91 Å². The van der Waals surface area contributed by atoms with E-state index >= 15 is 0 Å². The molecule has 2 atom stereocenters. The fourth-order valence-electron chi connectivity index (χ4n) is 4.09. The lowest BCUT2D eigenvalue weighted by Gasteiger charge is -2.21. The molecule has 22 heavy (non-hydrogen) atoms. The first-order chi connectivity index (χ1) is 10.6. The van der Waals surface area contributed by atoms with Crippen LogP contribution in [0.25, 0.3) is 0 Å². The van der Waals surface area contributed by atoms with Gasteiger partial charge in [0.1, 0.15) is 0 Å². The zero-order valence-electron chi connectivity index (χ0n) is 12.8. The second kappa shape index (κ2) is 5.09. The number of anilines is 1. The minimum absolute atomic E-state index is 0.0584. The van der Waals surface area contributed by atoms with Gasteiger partial charge in [0.05, 0.1) is 0 Å². The lowest BCUT2D eigenvalue weighted by atomic mass is 10.00. The molecular formula is C17H21N3O2. The Bertz CT molecular complexity index is 629. The third-order valence-corrected chi connectivity index (χ3v) is 5.20. The van der Waals surface area contributed by atoms with Gasteiger partial charge in [-0.25, -0.2) is 0 Å². The van der Waals surface area contributed by atoms with Crippen LogP contribution in [-0.2, 0) is 11.2 Å². The molecule has 0 unspecified atom stereocenters. The van der Waals surface area contributed by atoms with Gasteiger partial charge in [-0.1, -0.05) is 0 Å². The number of fused-ring (bicyclic) bond motifs is 2. The highest BCUT2D eigenvalue weighted by atomic mass is 16.2. The summed E-state index contributed by atoms with van der Waals surface area (Å²) in [5.41, 5.74) is 2.68. The topological polar surface area (TPSA) is 52.7 Å². The van der Waals surface area contributed by atoms with Crippen molar-refractivity contribution in [3.8, 4) is 0 Å². The summed E-state index contributed by atoms with van der Waals surface area (Å²) < 4.78 is 0. The highest BCUT2D eigenvalue weighted by Crippen LogP contribution is 2.31. The van der Waals surface area contributed by atoms with Crippen LogP contribution in [0.1, 0.15) is 22.3 Å². The lowest BCUT2D eigenvalue weighted by molar-refractivity contribution is -0.116. The summed E-state index contributed by atoms with van der Waals surface area (Å²) in [6.07, 6.45) is 1.23. The molecule has 1 N–H and O–H groups in total. The Morgan fingerprint density at radius 2 is 1.86 bits per heavy atom. The molecule has 1 aromatic carbocycles. The summed E-state index contributed by atoms with van der Waals surface area (Å²) in [7, 11) is 2.16. The van der Waals surface area contributed by atoms with E-state index in [1.165, 1.54) is 0 Å². The molecule has 4 rings (SSSR count). The van der Waals surface area contributed by atoms with Crippen LogP contribution in [0.4, 0.5) is 5.69 Å². The van der Waals surface area contributed by atoms with E-state index in [9.17, 15) is 9.59 Å². The Kier molecular flexibility index (Phi) is 3.18. The third kappa shape index (κ3) is 2.29. The van der Waals surface area contributed by atoms with E-state index in [4.69, 9.17) is 0 Å². The maximum atomic E-state index is 12.7. The van der Waals surface area contributed by atoms with Gasteiger partial charge in [-0.2, -0.15) is 0 Å². The quantitative estimate of drug-likeness (QED) is 0.848. The van der Waals surface area contributed by atoms with Crippen LogP contribution in [0.3, 0.4) is 0 Å². The van der Waals surface area contributed by atoms with Gasteiger partial charge in [0.2, 0.25) is 5.91 Å². The monoisotopic (exact) mass is 299 g/mol. The predicted molar refractivity (Wildman–Crippen MR) is 83.8 cm³/mol. The number of likely N-dealkylation sites (tertiary alicyclic amines) is 2. The number of aryl methyl sites for hydroxylation is 1. The van der Waals surface area contributed by atoms with E-state index in [0.717, 1.165) is 49.4 Å². The van der Waals surface area contributed by atoms with Crippen LogP contribution in [0.2, 0.25) is 0 Å². The van der Waals surface area contributed by atoms with Gasteiger partial charge in [0.15, 0.2) is 0 Å². The molecule has 5 nitrogen and oxygen atoms in total. The predicted octanol–water partition coefficient (Wildman–Crippen LogP) is 1.20. The summed E-state index contributed by atoms with van der Waals surface area (Å²) in [6.45, 7) is 3.96. The standard InChI is InChI=1S/C17H21N3O2/c1-19-7-13-9-20(10-14(13)8-19)17(22)12-2-4-15-11(6-12)3-5-16(21)18-15/h2,4,6,13-14H,3,5,7-10H2,1H3,(H,18,21)/t13-,14+. The minimum atomic E-state index is 0.0584. The fraction of sp³-hybridized carbons (Fsp3) is 0.529. The van der Waals surface area contributed by atoms with E-state index in [0.29, 0.717) is 18.3 Å². The molecule has 0 bridgehead atoms. The largest absolute Gasteiger partial charge is 0.338 e. The number of benzene rings is 1. The first-order valence-electron chi connectivity index (χ1n) is 8.01. The molecule has 2 fully saturated rings. The molecule has 0 saturated carbocycles. The van der Waals surface area contributed by atoms with E-state index in [-0.39, 0.29) is 11.8 Å². The Morgan fingerprint density at radius 1 is 1.14 bits per heavy atom. The molecule has 5 heteroatoms. The van der Waals surface area contributed by atoms with Crippen molar-refractivity contribution in [1.82, 2.24) is 9.80 Å². The van der Waals surface area contributed by atoms with Crippen molar-refractivity contribution >= 4 is 17.5 Å². The van der Waals surface area contributed by atoms with Crippen LogP contribution in [0.5, 0.6) is 0 Å². The van der Waals surface area contributed by atoms with Crippen molar-refractivity contribution in [3.63, 3.8) is 0 Å². The molecule has 0 aliphatic carbocycles. The first kappa shape index (κ1) is 13.8. The van der Waals surface area contributed by atoms with Crippen molar-refractivity contribution in [1.29, 1.82) is 0 Å². The third-order valence-electron chi connectivity index (χ3n) is 5.20. The zero-order chi connectivity index (χ0) is 15.3. The highest BCUT2D eigenvalue weighted by molar-refractivity contribution is 5.98. The van der Waals surface area contributed by atoms with Crippen molar-refractivity contribution in [2.75, 3.05) is 38.5 Å². The van der Waals surface area contributed by atoms with Crippen LogP contribution in [0.15, 0.2) is 18.2 Å². The average Bonchev–Trinajstić information content (AvgIpc) is 3.03. The summed E-state index contributed by atoms with van der Waals surface area (Å²) >= 11 is 0. The number of hydrogen-bond acceptors (Lipinski definition) is 3. The van der Waals surface area contributed by atoms with Crippen molar-refractivity contribution in [3.05, 3.63) is 29.3 Å². The Hall–Kier alpha value is -1.88. The molecule has 0 aromatic heterocycles. The summed E-state index contributed by atoms with van der Waals surface area (Å²) in [4.78, 5) is 28.5. The van der Waals surface area contributed by atoms with Crippen molar-refractivity contribution in [2.24, 2.45) is 11.8 Å². The van der Waals surface area contributed by atoms with Gasteiger partial charge in [-0.3, -0.25) is 9.59 Å². The molecular weight excluding hydrogens is 278 g/mol. The minimum Gasteiger partial charge on any atom is -0.338 e. The van der Waals surface area contributed by atoms with E-state index in [2.05, 4.69) is 17.3 Å². The molecule has 2 saturated heterocycles. The normalized spacial score (nSPS) is 27.5. The fourth-order valence-corrected chi connectivity index (χ4v) is 4.09. The Balaban J connectivity index is 1.51. The molecule has 2 amide bonds. The van der Waals surface area contributed by atoms with Gasteiger partial charge < -0.3 is 15.1 Å². The number of carbonyl (C=O) groups is 2. The number of hydrogen-bond donors (Lipinski definition) is 1. The molecule has 3 heterocycles. The molecule has 1 aromatic rings. The molecule has 116 valence electrons. The maximum absolute atomic E-state index is 12.7. The van der Waals surface area contributed by atoms with Crippen LogP contribution < -0.4 is 5.32 Å². The second-order valence-electron chi connectivity index (χ2n) is 6.87. The zero-order valence-corrected chi connectivity index (χ0v) is 12.8. The first-order valence-corrected chi connectivity index (χ1v) is 8.01. The lowest BCUT2D eigenvalue weighted by Crippen LogP contribution is -2.32. The summed E-state index contributed by atoms with van der Waals surface area (Å²) in [6, 6.07) is 5.66. The molecule has 0 spiro atoms. The van der Waals surface area contributed by atoms with Gasteiger partial charge in [0, 0.05) is 43.9 Å². The summed E-state index contributed by atoms with van der Waals surface area (Å²) in [5.74, 6) is 1.46. The molecule has 3 aliphatic rings.